The maximum atomic E-state index is 11.9. The van der Waals surface area contributed by atoms with E-state index >= 15 is 0 Å². The van der Waals surface area contributed by atoms with Gasteiger partial charge in [-0.2, -0.15) is 0 Å². The van der Waals surface area contributed by atoms with Gasteiger partial charge in [-0.05, 0) is 48.7 Å². The van der Waals surface area contributed by atoms with Crippen LogP contribution in [-0.2, 0) is 29.0 Å². The topological polar surface area (TPSA) is 77.7 Å². The SMILES string of the molecule is CCOC(=O)NC1Cc2c(n(Cc3ccccn3)c3ccc(C=NOC)cc23)C1. The fourth-order valence-corrected chi connectivity index (χ4v) is 3.98. The molecule has 7 heteroatoms. The molecule has 1 aliphatic carbocycles. The Labute approximate surface area is 169 Å². The quantitative estimate of drug-likeness (QED) is 0.516. The second-order valence-electron chi connectivity index (χ2n) is 7.00. The normalized spacial score (nSPS) is 15.6. The van der Waals surface area contributed by atoms with Crippen LogP contribution in [0.2, 0.25) is 0 Å². The van der Waals surface area contributed by atoms with Gasteiger partial charge < -0.3 is 19.5 Å². The number of amides is 1. The maximum absolute atomic E-state index is 11.9. The molecule has 0 spiro atoms. The van der Waals surface area contributed by atoms with Crippen LogP contribution < -0.4 is 5.32 Å². The van der Waals surface area contributed by atoms with E-state index in [0.717, 1.165) is 29.6 Å². The van der Waals surface area contributed by atoms with Crippen LogP contribution in [0.15, 0.2) is 47.8 Å². The molecule has 2 heterocycles. The van der Waals surface area contributed by atoms with Crippen molar-refractivity contribution in [3.63, 3.8) is 0 Å². The summed E-state index contributed by atoms with van der Waals surface area (Å²) in [6, 6.07) is 12.2. The number of hydrogen-bond acceptors (Lipinski definition) is 5. The summed E-state index contributed by atoms with van der Waals surface area (Å²) < 4.78 is 7.36. The van der Waals surface area contributed by atoms with Crippen molar-refractivity contribution >= 4 is 23.2 Å². The third kappa shape index (κ3) is 3.94. The van der Waals surface area contributed by atoms with Gasteiger partial charge in [0.05, 0.1) is 25.1 Å². The number of nitrogens with zero attached hydrogens (tertiary/aromatic N) is 3. The van der Waals surface area contributed by atoms with E-state index in [-0.39, 0.29) is 12.1 Å². The number of rotatable bonds is 6. The number of ether oxygens (including phenoxy) is 1. The van der Waals surface area contributed by atoms with Gasteiger partial charge in [0.1, 0.15) is 7.11 Å². The first-order chi connectivity index (χ1) is 14.2. The first-order valence-corrected chi connectivity index (χ1v) is 9.73. The van der Waals surface area contributed by atoms with Gasteiger partial charge in [-0.15, -0.1) is 0 Å². The predicted molar refractivity (Wildman–Crippen MR) is 111 cm³/mol. The Kier molecular flexibility index (Phi) is 5.46. The zero-order valence-electron chi connectivity index (χ0n) is 16.6. The van der Waals surface area contributed by atoms with Gasteiger partial charge in [-0.3, -0.25) is 4.98 Å². The number of benzene rings is 1. The zero-order valence-corrected chi connectivity index (χ0v) is 16.6. The van der Waals surface area contributed by atoms with E-state index < -0.39 is 0 Å². The number of nitrogens with one attached hydrogen (secondary N) is 1. The van der Waals surface area contributed by atoms with Gasteiger partial charge in [0.25, 0.3) is 0 Å². The molecule has 0 fully saturated rings. The number of hydrogen-bond donors (Lipinski definition) is 1. The lowest BCUT2D eigenvalue weighted by atomic mass is 10.1. The fraction of sp³-hybridized carbons (Fsp3) is 0.318. The largest absolute Gasteiger partial charge is 0.450 e. The molecule has 0 radical (unpaired) electrons. The summed E-state index contributed by atoms with van der Waals surface area (Å²) in [5, 5.41) is 8.03. The number of pyridine rings is 1. The number of carbonyl (C=O) groups excluding carboxylic acids is 1. The number of aromatic nitrogens is 2. The van der Waals surface area contributed by atoms with Crippen molar-refractivity contribution < 1.29 is 14.4 Å². The van der Waals surface area contributed by atoms with Crippen LogP contribution in [0, 0.1) is 0 Å². The van der Waals surface area contributed by atoms with Gasteiger partial charge in [-0.25, -0.2) is 4.79 Å². The van der Waals surface area contributed by atoms with E-state index in [1.165, 1.54) is 23.8 Å². The Hall–Kier alpha value is -3.35. The van der Waals surface area contributed by atoms with Crippen LogP contribution in [0.3, 0.4) is 0 Å². The van der Waals surface area contributed by atoms with Gasteiger partial charge in [0.2, 0.25) is 0 Å². The first kappa shape index (κ1) is 19.0. The Bertz CT molecular complexity index is 1040. The zero-order chi connectivity index (χ0) is 20.2. The summed E-state index contributed by atoms with van der Waals surface area (Å²) in [6.07, 6.45) is 4.68. The van der Waals surface area contributed by atoms with E-state index in [0.29, 0.717) is 13.2 Å². The minimum atomic E-state index is -0.365. The number of alkyl carbamates (subject to hydrolysis) is 1. The monoisotopic (exact) mass is 392 g/mol. The Balaban J connectivity index is 1.72. The average Bonchev–Trinajstić information content (AvgIpc) is 3.25. The first-order valence-electron chi connectivity index (χ1n) is 9.73. The minimum Gasteiger partial charge on any atom is -0.450 e. The highest BCUT2D eigenvalue weighted by Crippen LogP contribution is 2.34. The average molecular weight is 392 g/mol. The minimum absolute atomic E-state index is 0.0229. The van der Waals surface area contributed by atoms with E-state index in [9.17, 15) is 4.79 Å². The number of oxime groups is 1. The van der Waals surface area contributed by atoms with Crippen molar-refractivity contribution in [3.8, 4) is 0 Å². The maximum Gasteiger partial charge on any atom is 0.407 e. The summed E-state index contributed by atoms with van der Waals surface area (Å²) in [5.41, 5.74) is 5.61. The highest BCUT2D eigenvalue weighted by atomic mass is 16.6. The third-order valence-electron chi connectivity index (χ3n) is 5.15. The molecule has 1 N–H and O–H groups in total. The molecule has 7 nitrogen and oxygen atoms in total. The Morgan fingerprint density at radius 1 is 1.34 bits per heavy atom. The van der Waals surface area contributed by atoms with Crippen LogP contribution in [-0.4, -0.2) is 41.6 Å². The van der Waals surface area contributed by atoms with Crippen LogP contribution in [0.4, 0.5) is 4.79 Å². The molecule has 29 heavy (non-hydrogen) atoms. The van der Waals surface area contributed by atoms with Crippen molar-refractivity contribution in [1.82, 2.24) is 14.9 Å². The molecular formula is C22H24N4O3. The Morgan fingerprint density at radius 3 is 3.00 bits per heavy atom. The lowest BCUT2D eigenvalue weighted by Gasteiger charge is -2.14. The van der Waals surface area contributed by atoms with Crippen molar-refractivity contribution in [3.05, 3.63) is 65.1 Å². The number of carbonyl (C=O) groups is 1. The molecule has 1 unspecified atom stereocenters. The molecule has 3 aromatic rings. The second-order valence-corrected chi connectivity index (χ2v) is 7.00. The van der Waals surface area contributed by atoms with E-state index in [2.05, 4.69) is 32.2 Å². The molecule has 0 saturated carbocycles. The number of fused-ring (bicyclic) bond motifs is 3. The van der Waals surface area contributed by atoms with Crippen LogP contribution in [0.5, 0.6) is 0 Å². The lowest BCUT2D eigenvalue weighted by Crippen LogP contribution is -2.36. The van der Waals surface area contributed by atoms with Gasteiger partial charge in [-0.1, -0.05) is 17.3 Å². The summed E-state index contributed by atoms with van der Waals surface area (Å²) in [6.45, 7) is 2.85. The summed E-state index contributed by atoms with van der Waals surface area (Å²) >= 11 is 0. The smallest absolute Gasteiger partial charge is 0.407 e. The highest BCUT2D eigenvalue weighted by molar-refractivity contribution is 5.92. The molecule has 0 saturated heterocycles. The molecule has 1 amide bonds. The van der Waals surface area contributed by atoms with E-state index in [1.807, 2.05) is 30.5 Å². The standard InChI is InChI=1S/C22H24N4O3/c1-3-29-22(27)25-17-11-19-18-10-15(13-24-28-2)7-8-20(18)26(21(19)12-17)14-16-6-4-5-9-23-16/h4-10,13,17H,3,11-12,14H2,1-2H3,(H,25,27). The van der Waals surface area contributed by atoms with Crippen LogP contribution >= 0.6 is 0 Å². The molecule has 1 atom stereocenters. The third-order valence-corrected chi connectivity index (χ3v) is 5.15. The highest BCUT2D eigenvalue weighted by Gasteiger charge is 2.30. The lowest BCUT2D eigenvalue weighted by molar-refractivity contribution is 0.148. The molecule has 1 aliphatic rings. The van der Waals surface area contributed by atoms with E-state index in [1.54, 1.807) is 13.1 Å². The molecular weight excluding hydrogens is 368 g/mol. The molecule has 4 rings (SSSR count). The van der Waals surface area contributed by atoms with Crippen molar-refractivity contribution in [2.45, 2.75) is 32.4 Å². The van der Waals surface area contributed by atoms with Crippen molar-refractivity contribution in [2.24, 2.45) is 5.16 Å². The summed E-state index contributed by atoms with van der Waals surface area (Å²) in [5.74, 6) is 0. The molecule has 150 valence electrons. The fourth-order valence-electron chi connectivity index (χ4n) is 3.98. The second kappa shape index (κ2) is 8.34. The van der Waals surface area contributed by atoms with Crippen molar-refractivity contribution in [2.75, 3.05) is 13.7 Å². The van der Waals surface area contributed by atoms with Crippen LogP contribution in [0.1, 0.15) is 29.4 Å². The summed E-state index contributed by atoms with van der Waals surface area (Å²) in [7, 11) is 1.53. The molecule has 0 bridgehead atoms. The van der Waals surface area contributed by atoms with E-state index in [4.69, 9.17) is 9.57 Å². The molecule has 0 aliphatic heterocycles. The van der Waals surface area contributed by atoms with Crippen LogP contribution in [0.25, 0.3) is 10.9 Å². The molecule has 1 aromatic carbocycles. The summed E-state index contributed by atoms with van der Waals surface area (Å²) in [4.78, 5) is 21.2. The van der Waals surface area contributed by atoms with Gasteiger partial charge >= 0.3 is 6.09 Å². The van der Waals surface area contributed by atoms with Gasteiger partial charge in [0, 0.05) is 35.3 Å². The molecule has 2 aromatic heterocycles. The Morgan fingerprint density at radius 2 is 2.24 bits per heavy atom. The van der Waals surface area contributed by atoms with Gasteiger partial charge in [0.15, 0.2) is 0 Å². The van der Waals surface area contributed by atoms with Crippen molar-refractivity contribution in [1.29, 1.82) is 0 Å². The predicted octanol–water partition coefficient (Wildman–Crippen LogP) is 3.28.